The van der Waals surface area contributed by atoms with Crippen LogP contribution in [0.5, 0.6) is 0 Å². The Morgan fingerprint density at radius 1 is 1.13 bits per heavy atom. The molecule has 2 aromatic heterocycles. The van der Waals surface area contributed by atoms with Gasteiger partial charge >= 0.3 is 0 Å². The molecule has 1 aliphatic carbocycles. The van der Waals surface area contributed by atoms with Gasteiger partial charge in [0, 0.05) is 41.4 Å². The molecule has 9 heteroatoms. The van der Waals surface area contributed by atoms with Crippen molar-refractivity contribution >= 4 is 23.4 Å². The smallest absolute Gasteiger partial charge is 0.254 e. The summed E-state index contributed by atoms with van der Waals surface area (Å²) in [6.45, 7) is 4.22. The third-order valence-corrected chi connectivity index (χ3v) is 5.40. The summed E-state index contributed by atoms with van der Waals surface area (Å²) in [5.74, 6) is 0.995. The molecule has 0 unspecified atom stereocenters. The van der Waals surface area contributed by atoms with Crippen molar-refractivity contribution < 1.29 is 4.79 Å². The number of hydrogen-bond donors (Lipinski definition) is 4. The highest BCUT2D eigenvalue weighted by molar-refractivity contribution is 5.98. The van der Waals surface area contributed by atoms with Crippen LogP contribution in [0.3, 0.4) is 0 Å². The molecule has 6 N–H and O–H groups in total. The standard InChI is InChI=1S/C22H26N8O/c1-13(2)17(22(24)7-8-22)29-21-27-12-16(18(23)31)20(30-21)28-15-6-3-5-14(11-15)19-25-9-4-10-26-19/h3-6,9-13,17H,7-8,24H2,1-2H3,(H2,23,31)(H2,27,28,29,30)/t17-/m1/s1. The molecule has 1 fully saturated rings. The number of anilines is 3. The van der Waals surface area contributed by atoms with Gasteiger partial charge in [-0.25, -0.2) is 15.0 Å². The summed E-state index contributed by atoms with van der Waals surface area (Å²) in [5, 5.41) is 6.53. The van der Waals surface area contributed by atoms with Gasteiger partial charge in [-0.3, -0.25) is 4.79 Å². The number of amides is 1. The minimum Gasteiger partial charge on any atom is -0.365 e. The average Bonchev–Trinajstić information content (AvgIpc) is 3.50. The number of nitrogens with two attached hydrogens (primary N) is 2. The topological polar surface area (TPSA) is 145 Å². The van der Waals surface area contributed by atoms with Gasteiger partial charge in [0.15, 0.2) is 5.82 Å². The lowest BCUT2D eigenvalue weighted by molar-refractivity contribution is 0.100. The molecule has 1 saturated carbocycles. The molecular weight excluding hydrogens is 392 g/mol. The van der Waals surface area contributed by atoms with Crippen LogP contribution in [-0.4, -0.2) is 37.4 Å². The number of nitrogens with one attached hydrogen (secondary N) is 2. The second-order valence-corrected chi connectivity index (χ2v) is 8.20. The summed E-state index contributed by atoms with van der Waals surface area (Å²) in [6.07, 6.45) is 6.72. The predicted molar refractivity (Wildman–Crippen MR) is 120 cm³/mol. The van der Waals surface area contributed by atoms with Crippen molar-refractivity contribution in [2.75, 3.05) is 10.6 Å². The Labute approximate surface area is 180 Å². The van der Waals surface area contributed by atoms with E-state index in [0.717, 1.165) is 24.1 Å². The van der Waals surface area contributed by atoms with Crippen molar-refractivity contribution in [2.24, 2.45) is 17.4 Å². The fourth-order valence-corrected chi connectivity index (χ4v) is 3.62. The number of benzene rings is 1. The first-order chi connectivity index (χ1) is 14.9. The molecule has 9 nitrogen and oxygen atoms in total. The van der Waals surface area contributed by atoms with E-state index in [2.05, 4.69) is 44.4 Å². The van der Waals surface area contributed by atoms with Crippen LogP contribution in [0.15, 0.2) is 48.9 Å². The lowest BCUT2D eigenvalue weighted by Crippen LogP contribution is -2.46. The van der Waals surface area contributed by atoms with E-state index in [-0.39, 0.29) is 17.1 Å². The predicted octanol–water partition coefficient (Wildman–Crippen LogP) is 2.70. The third kappa shape index (κ3) is 4.61. The zero-order valence-electron chi connectivity index (χ0n) is 17.5. The van der Waals surface area contributed by atoms with Gasteiger partial charge in [-0.2, -0.15) is 4.98 Å². The average molecular weight is 419 g/mol. The Hall–Kier alpha value is -3.59. The number of carbonyl (C=O) groups excluding carboxylic acids is 1. The number of rotatable bonds is 8. The van der Waals surface area contributed by atoms with Crippen molar-refractivity contribution in [3.05, 3.63) is 54.5 Å². The largest absolute Gasteiger partial charge is 0.365 e. The van der Waals surface area contributed by atoms with Crippen LogP contribution in [0.25, 0.3) is 11.4 Å². The van der Waals surface area contributed by atoms with E-state index in [0.29, 0.717) is 23.5 Å². The van der Waals surface area contributed by atoms with Crippen molar-refractivity contribution in [3.8, 4) is 11.4 Å². The normalized spacial score (nSPS) is 15.4. The molecule has 31 heavy (non-hydrogen) atoms. The van der Waals surface area contributed by atoms with Crippen LogP contribution in [0.1, 0.15) is 37.0 Å². The van der Waals surface area contributed by atoms with E-state index in [9.17, 15) is 4.79 Å². The van der Waals surface area contributed by atoms with Crippen molar-refractivity contribution in [3.63, 3.8) is 0 Å². The van der Waals surface area contributed by atoms with E-state index in [1.807, 2.05) is 24.3 Å². The van der Waals surface area contributed by atoms with E-state index >= 15 is 0 Å². The number of primary amides is 1. The van der Waals surface area contributed by atoms with Crippen molar-refractivity contribution in [1.82, 2.24) is 19.9 Å². The fraction of sp³-hybridized carbons (Fsp3) is 0.318. The van der Waals surface area contributed by atoms with Crippen LogP contribution in [0.2, 0.25) is 0 Å². The molecule has 1 aromatic carbocycles. The van der Waals surface area contributed by atoms with Gasteiger partial charge in [-0.05, 0) is 37.0 Å². The molecule has 2 heterocycles. The molecule has 0 spiro atoms. The SMILES string of the molecule is CC(C)[C@@H](Nc1ncc(C(N)=O)c(Nc2cccc(-c3ncccn3)c2)n1)C1(N)CC1. The van der Waals surface area contributed by atoms with Gasteiger partial charge in [0.1, 0.15) is 11.4 Å². The highest BCUT2D eigenvalue weighted by Crippen LogP contribution is 2.39. The highest BCUT2D eigenvalue weighted by Gasteiger charge is 2.47. The first-order valence-electron chi connectivity index (χ1n) is 10.2. The Kier molecular flexibility index (Phi) is 5.51. The van der Waals surface area contributed by atoms with Crippen LogP contribution < -0.4 is 22.1 Å². The monoisotopic (exact) mass is 418 g/mol. The molecule has 1 amide bonds. The molecule has 4 rings (SSSR count). The van der Waals surface area contributed by atoms with E-state index < -0.39 is 5.91 Å². The minimum absolute atomic E-state index is 0.0262. The first kappa shape index (κ1) is 20.7. The lowest BCUT2D eigenvalue weighted by Gasteiger charge is -2.28. The summed E-state index contributed by atoms with van der Waals surface area (Å²) < 4.78 is 0. The van der Waals surface area contributed by atoms with E-state index in [1.165, 1.54) is 6.20 Å². The number of nitrogens with zero attached hydrogens (tertiary/aromatic N) is 4. The second-order valence-electron chi connectivity index (χ2n) is 8.20. The molecule has 0 saturated heterocycles. The fourth-order valence-electron chi connectivity index (χ4n) is 3.62. The molecule has 160 valence electrons. The summed E-state index contributed by atoms with van der Waals surface area (Å²) in [6, 6.07) is 9.31. The Morgan fingerprint density at radius 3 is 2.52 bits per heavy atom. The van der Waals surface area contributed by atoms with Crippen molar-refractivity contribution in [2.45, 2.75) is 38.3 Å². The summed E-state index contributed by atoms with van der Waals surface area (Å²) >= 11 is 0. The molecule has 1 atom stereocenters. The Bertz CT molecular complexity index is 1080. The number of carbonyl (C=O) groups is 1. The van der Waals surface area contributed by atoms with Gasteiger partial charge < -0.3 is 22.1 Å². The maximum absolute atomic E-state index is 12.0. The lowest BCUT2D eigenvalue weighted by atomic mass is 9.95. The molecule has 0 bridgehead atoms. The second kappa shape index (κ2) is 8.27. The summed E-state index contributed by atoms with van der Waals surface area (Å²) in [7, 11) is 0. The van der Waals surface area contributed by atoms with Gasteiger partial charge in [0.2, 0.25) is 5.95 Å². The van der Waals surface area contributed by atoms with Crippen LogP contribution in [-0.2, 0) is 0 Å². The van der Waals surface area contributed by atoms with E-state index in [1.54, 1.807) is 18.5 Å². The Morgan fingerprint density at radius 2 is 1.87 bits per heavy atom. The molecular formula is C22H26N8O. The van der Waals surface area contributed by atoms with Gasteiger partial charge in [-0.15, -0.1) is 0 Å². The van der Waals surface area contributed by atoms with Crippen LogP contribution in [0, 0.1) is 5.92 Å². The quantitative estimate of drug-likeness (QED) is 0.437. The van der Waals surface area contributed by atoms with Crippen LogP contribution >= 0.6 is 0 Å². The molecule has 1 aliphatic rings. The highest BCUT2D eigenvalue weighted by atomic mass is 16.1. The van der Waals surface area contributed by atoms with Gasteiger partial charge in [0.25, 0.3) is 5.91 Å². The first-order valence-corrected chi connectivity index (χ1v) is 10.2. The third-order valence-electron chi connectivity index (χ3n) is 5.40. The summed E-state index contributed by atoms with van der Waals surface area (Å²) in [5.41, 5.74) is 13.5. The van der Waals surface area contributed by atoms with Gasteiger partial charge in [0.05, 0.1) is 0 Å². The zero-order valence-corrected chi connectivity index (χ0v) is 17.5. The van der Waals surface area contributed by atoms with E-state index in [4.69, 9.17) is 11.5 Å². The number of hydrogen-bond acceptors (Lipinski definition) is 8. The van der Waals surface area contributed by atoms with Crippen molar-refractivity contribution in [1.29, 1.82) is 0 Å². The Balaban J connectivity index is 1.63. The molecule has 3 aromatic rings. The number of aromatic nitrogens is 4. The zero-order chi connectivity index (χ0) is 22.0. The minimum atomic E-state index is -0.616. The summed E-state index contributed by atoms with van der Waals surface area (Å²) in [4.78, 5) is 29.3. The maximum Gasteiger partial charge on any atom is 0.254 e. The molecule has 0 radical (unpaired) electrons. The van der Waals surface area contributed by atoms with Gasteiger partial charge in [-0.1, -0.05) is 26.0 Å². The maximum atomic E-state index is 12.0. The molecule has 0 aliphatic heterocycles. The van der Waals surface area contributed by atoms with Crippen LogP contribution in [0.4, 0.5) is 17.5 Å².